The van der Waals surface area contributed by atoms with Gasteiger partial charge in [-0.3, -0.25) is 4.79 Å². The van der Waals surface area contributed by atoms with Gasteiger partial charge in [-0.05, 0) is 25.5 Å². The molecule has 0 radical (unpaired) electrons. The SMILES string of the molecule is CCCCOc1cc2c(cc1Cl)C(NCCC)C(=O)N2. The lowest BCUT2D eigenvalue weighted by Gasteiger charge is -2.12. The van der Waals surface area contributed by atoms with Crippen LogP contribution in [0.15, 0.2) is 12.1 Å². The number of unbranched alkanes of at least 4 members (excludes halogenated alkanes) is 1. The van der Waals surface area contributed by atoms with E-state index in [2.05, 4.69) is 24.5 Å². The lowest BCUT2D eigenvalue weighted by atomic mass is 10.1. The molecule has 110 valence electrons. The van der Waals surface area contributed by atoms with Gasteiger partial charge < -0.3 is 15.4 Å². The van der Waals surface area contributed by atoms with Crippen molar-refractivity contribution in [3.05, 3.63) is 22.7 Å². The molecule has 1 aromatic carbocycles. The third-order valence-electron chi connectivity index (χ3n) is 3.29. The van der Waals surface area contributed by atoms with E-state index in [9.17, 15) is 4.79 Å². The van der Waals surface area contributed by atoms with Crippen LogP contribution in [-0.4, -0.2) is 19.1 Å². The molecule has 0 bridgehead atoms. The van der Waals surface area contributed by atoms with Crippen molar-refractivity contribution in [2.24, 2.45) is 0 Å². The third-order valence-corrected chi connectivity index (χ3v) is 3.58. The van der Waals surface area contributed by atoms with E-state index in [1.165, 1.54) is 0 Å². The molecule has 0 aromatic heterocycles. The summed E-state index contributed by atoms with van der Waals surface area (Å²) in [6, 6.07) is 3.33. The van der Waals surface area contributed by atoms with Crippen LogP contribution >= 0.6 is 11.6 Å². The van der Waals surface area contributed by atoms with Crippen molar-refractivity contribution in [3.8, 4) is 5.75 Å². The quantitative estimate of drug-likeness (QED) is 0.757. The van der Waals surface area contributed by atoms with Gasteiger partial charge in [0.25, 0.3) is 0 Å². The second kappa shape index (κ2) is 6.95. The number of halogens is 1. The van der Waals surface area contributed by atoms with Crippen molar-refractivity contribution in [2.75, 3.05) is 18.5 Å². The largest absolute Gasteiger partial charge is 0.492 e. The Bertz CT molecular complexity index is 491. The van der Waals surface area contributed by atoms with E-state index < -0.39 is 0 Å². The van der Waals surface area contributed by atoms with Gasteiger partial charge in [0, 0.05) is 17.3 Å². The van der Waals surface area contributed by atoms with E-state index in [1.807, 2.05) is 12.1 Å². The molecule has 0 saturated heterocycles. The average molecular weight is 297 g/mol. The molecule has 1 amide bonds. The lowest BCUT2D eigenvalue weighted by Crippen LogP contribution is -2.27. The Kier molecular flexibility index (Phi) is 5.26. The molecular formula is C15H21ClN2O2. The summed E-state index contributed by atoms with van der Waals surface area (Å²) in [5.41, 5.74) is 1.69. The first-order valence-electron chi connectivity index (χ1n) is 7.17. The Morgan fingerprint density at radius 2 is 2.15 bits per heavy atom. The van der Waals surface area contributed by atoms with Crippen molar-refractivity contribution in [3.63, 3.8) is 0 Å². The normalized spacial score (nSPS) is 16.9. The van der Waals surface area contributed by atoms with Crippen LogP contribution in [-0.2, 0) is 4.79 Å². The molecule has 0 spiro atoms. The summed E-state index contributed by atoms with van der Waals surface area (Å²) < 4.78 is 5.65. The fraction of sp³-hybridized carbons (Fsp3) is 0.533. The molecule has 0 saturated carbocycles. The van der Waals surface area contributed by atoms with Crippen molar-refractivity contribution >= 4 is 23.2 Å². The minimum Gasteiger partial charge on any atom is -0.492 e. The Morgan fingerprint density at radius 3 is 2.85 bits per heavy atom. The van der Waals surface area contributed by atoms with Crippen molar-refractivity contribution < 1.29 is 9.53 Å². The molecule has 1 atom stereocenters. The minimum absolute atomic E-state index is 0.0322. The molecule has 0 fully saturated rings. The number of hydrogen-bond acceptors (Lipinski definition) is 3. The summed E-state index contributed by atoms with van der Waals surface area (Å²) in [5.74, 6) is 0.602. The van der Waals surface area contributed by atoms with Crippen LogP contribution in [0.2, 0.25) is 5.02 Å². The number of nitrogens with one attached hydrogen (secondary N) is 2. The Morgan fingerprint density at radius 1 is 1.35 bits per heavy atom. The highest BCUT2D eigenvalue weighted by molar-refractivity contribution is 6.32. The Labute approximate surface area is 124 Å². The number of fused-ring (bicyclic) bond motifs is 1. The number of rotatable bonds is 7. The fourth-order valence-electron chi connectivity index (χ4n) is 2.19. The van der Waals surface area contributed by atoms with Gasteiger partial charge in [0.05, 0.1) is 11.6 Å². The first-order chi connectivity index (χ1) is 9.67. The topological polar surface area (TPSA) is 50.4 Å². The number of benzene rings is 1. The van der Waals surface area contributed by atoms with Gasteiger partial charge in [-0.2, -0.15) is 0 Å². The standard InChI is InChI=1S/C15H21ClN2O2/c1-3-5-7-20-13-9-12-10(8-11(13)16)14(15(19)18-12)17-6-4-2/h8-9,14,17H,3-7H2,1-2H3,(H,18,19). The summed E-state index contributed by atoms with van der Waals surface area (Å²) in [6.45, 7) is 5.61. The molecule has 1 unspecified atom stereocenters. The highest BCUT2D eigenvalue weighted by atomic mass is 35.5. The number of anilines is 1. The summed E-state index contributed by atoms with van der Waals surface area (Å²) in [6.07, 6.45) is 3.04. The number of amides is 1. The maximum atomic E-state index is 12.0. The Balaban J connectivity index is 2.16. The molecule has 4 nitrogen and oxygen atoms in total. The first kappa shape index (κ1) is 15.1. The van der Waals surface area contributed by atoms with Gasteiger partial charge in [-0.1, -0.05) is 31.9 Å². The molecule has 2 rings (SSSR count). The zero-order chi connectivity index (χ0) is 14.5. The van der Waals surface area contributed by atoms with Crippen LogP contribution in [0.4, 0.5) is 5.69 Å². The smallest absolute Gasteiger partial charge is 0.246 e. The number of carbonyl (C=O) groups excluding carboxylic acids is 1. The molecule has 1 heterocycles. The Hall–Kier alpha value is -1.26. The van der Waals surface area contributed by atoms with Gasteiger partial charge in [0.15, 0.2) is 0 Å². The minimum atomic E-state index is -0.313. The van der Waals surface area contributed by atoms with Crippen LogP contribution in [0.5, 0.6) is 5.75 Å². The zero-order valence-corrected chi connectivity index (χ0v) is 12.7. The summed E-state index contributed by atoms with van der Waals surface area (Å²) in [4.78, 5) is 12.0. The van der Waals surface area contributed by atoms with Gasteiger partial charge in [0.2, 0.25) is 5.91 Å². The van der Waals surface area contributed by atoms with Crippen LogP contribution in [0.3, 0.4) is 0 Å². The second-order valence-corrected chi connectivity index (χ2v) is 5.36. The van der Waals surface area contributed by atoms with E-state index >= 15 is 0 Å². The number of carbonyl (C=O) groups is 1. The van der Waals surface area contributed by atoms with E-state index in [1.54, 1.807) is 0 Å². The molecule has 5 heteroatoms. The molecule has 1 aliphatic rings. The number of hydrogen-bond donors (Lipinski definition) is 2. The molecule has 0 aliphatic carbocycles. The zero-order valence-electron chi connectivity index (χ0n) is 12.0. The van der Waals surface area contributed by atoms with E-state index in [-0.39, 0.29) is 11.9 Å². The van der Waals surface area contributed by atoms with Crippen LogP contribution in [0, 0.1) is 0 Å². The average Bonchev–Trinajstić information content (AvgIpc) is 2.72. The van der Waals surface area contributed by atoms with Gasteiger partial charge in [0.1, 0.15) is 11.8 Å². The van der Waals surface area contributed by atoms with Gasteiger partial charge >= 0.3 is 0 Å². The third kappa shape index (κ3) is 3.25. The highest BCUT2D eigenvalue weighted by Gasteiger charge is 2.31. The van der Waals surface area contributed by atoms with E-state index in [0.717, 1.165) is 37.1 Å². The predicted molar refractivity (Wildman–Crippen MR) is 81.5 cm³/mol. The van der Waals surface area contributed by atoms with Crippen LogP contribution in [0.1, 0.15) is 44.7 Å². The van der Waals surface area contributed by atoms with E-state index in [0.29, 0.717) is 17.4 Å². The second-order valence-electron chi connectivity index (χ2n) is 4.95. The first-order valence-corrected chi connectivity index (χ1v) is 7.55. The van der Waals surface area contributed by atoms with Gasteiger partial charge in [-0.15, -0.1) is 0 Å². The lowest BCUT2D eigenvalue weighted by molar-refractivity contribution is -0.117. The van der Waals surface area contributed by atoms with Crippen LogP contribution in [0.25, 0.3) is 0 Å². The highest BCUT2D eigenvalue weighted by Crippen LogP contribution is 2.38. The maximum absolute atomic E-state index is 12.0. The summed E-state index contributed by atoms with van der Waals surface area (Å²) >= 11 is 6.24. The predicted octanol–water partition coefficient (Wildman–Crippen LogP) is 3.51. The fourth-order valence-corrected chi connectivity index (χ4v) is 2.42. The van der Waals surface area contributed by atoms with Crippen molar-refractivity contribution in [1.82, 2.24) is 5.32 Å². The summed E-state index contributed by atoms with van der Waals surface area (Å²) in [5, 5.41) is 6.65. The molecule has 1 aliphatic heterocycles. The molecule has 20 heavy (non-hydrogen) atoms. The molecule has 1 aromatic rings. The van der Waals surface area contributed by atoms with Crippen LogP contribution < -0.4 is 15.4 Å². The number of ether oxygens (including phenoxy) is 1. The monoisotopic (exact) mass is 296 g/mol. The van der Waals surface area contributed by atoms with Crippen molar-refractivity contribution in [1.29, 1.82) is 0 Å². The van der Waals surface area contributed by atoms with E-state index in [4.69, 9.17) is 16.3 Å². The van der Waals surface area contributed by atoms with Gasteiger partial charge in [-0.25, -0.2) is 0 Å². The maximum Gasteiger partial charge on any atom is 0.246 e. The summed E-state index contributed by atoms with van der Waals surface area (Å²) in [7, 11) is 0. The van der Waals surface area contributed by atoms with Crippen molar-refractivity contribution in [2.45, 2.75) is 39.2 Å². The molecular weight excluding hydrogens is 276 g/mol. The molecule has 2 N–H and O–H groups in total.